The van der Waals surface area contributed by atoms with E-state index >= 15 is 0 Å². The molecule has 1 saturated heterocycles. The lowest BCUT2D eigenvalue weighted by atomic mass is 10.3. The van der Waals surface area contributed by atoms with Crippen molar-refractivity contribution in [3.63, 3.8) is 0 Å². The van der Waals surface area contributed by atoms with Gasteiger partial charge in [-0.1, -0.05) is 12.1 Å². The Morgan fingerprint density at radius 1 is 1.33 bits per heavy atom. The summed E-state index contributed by atoms with van der Waals surface area (Å²) in [5.74, 6) is 0.551. The molecular weight excluding hydrogens is 308 g/mol. The average Bonchev–Trinajstić information content (AvgIpc) is 3.10. The zero-order chi connectivity index (χ0) is 14.9. The fraction of sp³-hybridized carbons (Fsp3) is 0.357. The molecule has 5 nitrogen and oxygen atoms in total. The van der Waals surface area contributed by atoms with Crippen molar-refractivity contribution in [3.8, 4) is 5.88 Å². The highest BCUT2D eigenvalue weighted by Gasteiger charge is 2.34. The molecule has 0 radical (unpaired) electrons. The maximum absolute atomic E-state index is 12.4. The number of pyridine rings is 1. The van der Waals surface area contributed by atoms with Crippen LogP contribution in [-0.2, 0) is 10.0 Å². The quantitative estimate of drug-likeness (QED) is 0.866. The first-order valence-corrected chi connectivity index (χ1v) is 9.01. The van der Waals surface area contributed by atoms with Gasteiger partial charge in [-0.25, -0.2) is 13.4 Å². The molecule has 0 saturated carbocycles. The standard InChI is InChI=1S/C14H16N2O3S2/c1-11-4-2-5-13(15-11)19-12-7-8-16(10-12)21(17,18)14-6-3-9-20-14/h2-6,9,12H,7-8,10H2,1H3. The van der Waals surface area contributed by atoms with E-state index in [1.165, 1.54) is 15.6 Å². The summed E-state index contributed by atoms with van der Waals surface area (Å²) in [4.78, 5) is 4.29. The first kappa shape index (κ1) is 14.5. The third-order valence-corrected chi connectivity index (χ3v) is 6.59. The van der Waals surface area contributed by atoms with Gasteiger partial charge in [0.05, 0.1) is 6.54 Å². The van der Waals surface area contributed by atoms with Crippen molar-refractivity contribution in [2.24, 2.45) is 0 Å². The van der Waals surface area contributed by atoms with Crippen LogP contribution in [0.3, 0.4) is 0 Å². The van der Waals surface area contributed by atoms with Crippen molar-refractivity contribution in [3.05, 3.63) is 41.4 Å². The Morgan fingerprint density at radius 3 is 2.90 bits per heavy atom. The van der Waals surface area contributed by atoms with Gasteiger partial charge in [-0.2, -0.15) is 4.31 Å². The van der Waals surface area contributed by atoms with Crippen molar-refractivity contribution in [2.75, 3.05) is 13.1 Å². The van der Waals surface area contributed by atoms with Crippen molar-refractivity contribution in [1.82, 2.24) is 9.29 Å². The third-order valence-electron chi connectivity index (χ3n) is 3.35. The van der Waals surface area contributed by atoms with Gasteiger partial charge in [0.2, 0.25) is 5.88 Å². The Kier molecular flexibility index (Phi) is 3.97. The number of thiophene rings is 1. The monoisotopic (exact) mass is 324 g/mol. The van der Waals surface area contributed by atoms with Crippen LogP contribution in [0.5, 0.6) is 5.88 Å². The molecule has 1 aliphatic rings. The van der Waals surface area contributed by atoms with Crippen molar-refractivity contribution >= 4 is 21.4 Å². The second kappa shape index (κ2) is 5.75. The van der Waals surface area contributed by atoms with Crippen LogP contribution in [0.25, 0.3) is 0 Å². The van der Waals surface area contributed by atoms with Gasteiger partial charge in [0.1, 0.15) is 10.3 Å². The van der Waals surface area contributed by atoms with Crippen LogP contribution in [0.2, 0.25) is 0 Å². The summed E-state index contributed by atoms with van der Waals surface area (Å²) in [6, 6.07) is 8.96. The molecule has 0 N–H and O–H groups in total. The normalized spacial score (nSPS) is 19.8. The van der Waals surface area contributed by atoms with E-state index in [4.69, 9.17) is 4.74 Å². The first-order valence-electron chi connectivity index (χ1n) is 6.70. The Balaban J connectivity index is 1.69. The summed E-state index contributed by atoms with van der Waals surface area (Å²) in [6.45, 7) is 2.75. The number of ether oxygens (including phenoxy) is 1. The molecule has 0 aliphatic carbocycles. The van der Waals surface area contributed by atoms with Crippen molar-refractivity contribution < 1.29 is 13.2 Å². The van der Waals surface area contributed by atoms with Gasteiger partial charge < -0.3 is 4.74 Å². The molecule has 1 aliphatic heterocycles. The van der Waals surface area contributed by atoms with E-state index < -0.39 is 10.0 Å². The molecule has 0 bridgehead atoms. The number of rotatable bonds is 4. The smallest absolute Gasteiger partial charge is 0.252 e. The molecule has 0 spiro atoms. The Morgan fingerprint density at radius 2 is 2.19 bits per heavy atom. The van der Waals surface area contributed by atoms with Crippen molar-refractivity contribution in [1.29, 1.82) is 0 Å². The van der Waals surface area contributed by atoms with Crippen LogP contribution in [0.4, 0.5) is 0 Å². The molecular formula is C14H16N2O3S2. The zero-order valence-corrected chi connectivity index (χ0v) is 13.2. The second-order valence-corrected chi connectivity index (χ2v) is 8.05. The number of hydrogen-bond acceptors (Lipinski definition) is 5. The largest absolute Gasteiger partial charge is 0.473 e. The molecule has 3 rings (SSSR count). The van der Waals surface area contributed by atoms with Crippen LogP contribution in [-0.4, -0.2) is 36.9 Å². The van der Waals surface area contributed by atoms with Gasteiger partial charge >= 0.3 is 0 Å². The molecule has 1 unspecified atom stereocenters. The summed E-state index contributed by atoms with van der Waals surface area (Å²) < 4.78 is 32.5. The van der Waals surface area contributed by atoms with E-state index in [1.54, 1.807) is 23.6 Å². The van der Waals surface area contributed by atoms with Gasteiger partial charge in [-0.05, 0) is 30.9 Å². The summed E-state index contributed by atoms with van der Waals surface area (Å²) in [5.41, 5.74) is 0.883. The van der Waals surface area contributed by atoms with Crippen LogP contribution < -0.4 is 4.74 Å². The van der Waals surface area contributed by atoms with Gasteiger partial charge in [0, 0.05) is 18.3 Å². The molecule has 2 aromatic rings. The van der Waals surface area contributed by atoms with Crippen LogP contribution in [0, 0.1) is 6.92 Å². The number of aryl methyl sites for hydroxylation is 1. The Labute approximate surface area is 128 Å². The van der Waals surface area contributed by atoms with Crippen LogP contribution in [0.15, 0.2) is 39.9 Å². The summed E-state index contributed by atoms with van der Waals surface area (Å²) >= 11 is 1.24. The molecule has 1 atom stereocenters. The predicted molar refractivity (Wildman–Crippen MR) is 81.1 cm³/mol. The molecule has 21 heavy (non-hydrogen) atoms. The lowest BCUT2D eigenvalue weighted by Gasteiger charge is -2.16. The third kappa shape index (κ3) is 3.09. The highest BCUT2D eigenvalue weighted by Crippen LogP contribution is 2.26. The minimum absolute atomic E-state index is 0.144. The topological polar surface area (TPSA) is 59.5 Å². The van der Waals surface area contributed by atoms with Gasteiger partial charge in [-0.3, -0.25) is 0 Å². The van der Waals surface area contributed by atoms with E-state index in [-0.39, 0.29) is 6.10 Å². The van der Waals surface area contributed by atoms with Crippen LogP contribution >= 0.6 is 11.3 Å². The van der Waals surface area contributed by atoms with E-state index in [1.807, 2.05) is 19.1 Å². The van der Waals surface area contributed by atoms with Gasteiger partial charge in [0.15, 0.2) is 0 Å². The predicted octanol–water partition coefficient (Wildman–Crippen LogP) is 2.29. The maximum Gasteiger partial charge on any atom is 0.252 e. The van der Waals surface area contributed by atoms with Gasteiger partial charge in [0.25, 0.3) is 10.0 Å². The summed E-state index contributed by atoms with van der Waals surface area (Å²) in [5, 5.41) is 1.77. The molecule has 0 amide bonds. The molecule has 2 aromatic heterocycles. The number of nitrogens with zero attached hydrogens (tertiary/aromatic N) is 2. The minimum atomic E-state index is -3.38. The number of hydrogen-bond donors (Lipinski definition) is 0. The molecule has 3 heterocycles. The maximum atomic E-state index is 12.4. The molecule has 112 valence electrons. The highest BCUT2D eigenvalue weighted by molar-refractivity contribution is 7.91. The second-order valence-electron chi connectivity index (χ2n) is 4.94. The molecule has 0 aromatic carbocycles. The van der Waals surface area contributed by atoms with Crippen molar-refractivity contribution in [2.45, 2.75) is 23.7 Å². The van der Waals surface area contributed by atoms with E-state index in [0.717, 1.165) is 5.69 Å². The Bertz CT molecular complexity index is 714. The number of aromatic nitrogens is 1. The Hall–Kier alpha value is -1.44. The lowest BCUT2D eigenvalue weighted by Crippen LogP contribution is -2.30. The highest BCUT2D eigenvalue weighted by atomic mass is 32.2. The van der Waals surface area contributed by atoms with Crippen LogP contribution in [0.1, 0.15) is 12.1 Å². The van der Waals surface area contributed by atoms with E-state index in [0.29, 0.717) is 29.6 Å². The molecule has 1 fully saturated rings. The fourth-order valence-electron chi connectivity index (χ4n) is 2.30. The first-order chi connectivity index (χ1) is 10.1. The fourth-order valence-corrected chi connectivity index (χ4v) is 4.94. The number of sulfonamides is 1. The minimum Gasteiger partial charge on any atom is -0.473 e. The summed E-state index contributed by atoms with van der Waals surface area (Å²) in [6.07, 6.45) is 0.536. The van der Waals surface area contributed by atoms with Gasteiger partial charge in [-0.15, -0.1) is 11.3 Å². The zero-order valence-electron chi connectivity index (χ0n) is 11.6. The SMILES string of the molecule is Cc1cccc(OC2CCN(S(=O)(=O)c3cccs3)C2)n1. The lowest BCUT2D eigenvalue weighted by molar-refractivity contribution is 0.206. The van der Waals surface area contributed by atoms with E-state index in [2.05, 4.69) is 4.98 Å². The summed E-state index contributed by atoms with van der Waals surface area (Å²) in [7, 11) is -3.38. The average molecular weight is 324 g/mol. The molecule has 7 heteroatoms. The van der Waals surface area contributed by atoms with E-state index in [9.17, 15) is 8.42 Å².